The second kappa shape index (κ2) is 4.56. The minimum Gasteiger partial charge on any atom is -0.328 e. The van der Waals surface area contributed by atoms with Crippen LogP contribution in [0.5, 0.6) is 0 Å². The van der Waals surface area contributed by atoms with Crippen molar-refractivity contribution in [2.24, 2.45) is 5.92 Å². The number of hydrogen-bond acceptors (Lipinski definition) is 2. The molecule has 1 aliphatic carbocycles. The first kappa shape index (κ1) is 11.5. The fourth-order valence-electron chi connectivity index (χ4n) is 2.51. The number of aromatic nitrogens is 2. The topological polar surface area (TPSA) is 34.9 Å². The van der Waals surface area contributed by atoms with E-state index >= 15 is 0 Å². The van der Waals surface area contributed by atoms with Crippen LogP contribution >= 0.6 is 0 Å². The zero-order chi connectivity index (χ0) is 12.5. The number of para-hydroxylation sites is 2. The van der Waals surface area contributed by atoms with Gasteiger partial charge in [-0.2, -0.15) is 0 Å². The highest BCUT2D eigenvalue weighted by Gasteiger charge is 2.25. The van der Waals surface area contributed by atoms with E-state index in [0.717, 1.165) is 29.8 Å². The SMILES string of the molecule is CCn1c(CC(=O)CC2CC2)nc2ccccc21. The first-order valence-electron chi connectivity index (χ1n) is 6.73. The van der Waals surface area contributed by atoms with Gasteiger partial charge in [0.25, 0.3) is 0 Å². The lowest BCUT2D eigenvalue weighted by Gasteiger charge is -2.05. The number of nitrogens with zero attached hydrogens (tertiary/aromatic N) is 2. The first-order chi connectivity index (χ1) is 8.78. The molecule has 1 heterocycles. The molecule has 1 aromatic carbocycles. The molecule has 1 fully saturated rings. The standard InChI is InChI=1S/C15H18N2O/c1-2-17-14-6-4-3-5-13(14)16-15(17)10-12(18)9-11-7-8-11/h3-6,11H,2,7-10H2,1H3. The number of imidazole rings is 1. The van der Waals surface area contributed by atoms with Crippen LogP contribution in [-0.2, 0) is 17.8 Å². The molecule has 0 saturated heterocycles. The third-order valence-electron chi connectivity index (χ3n) is 3.62. The smallest absolute Gasteiger partial charge is 0.140 e. The summed E-state index contributed by atoms with van der Waals surface area (Å²) < 4.78 is 2.15. The number of benzene rings is 1. The van der Waals surface area contributed by atoms with Gasteiger partial charge in [-0.3, -0.25) is 4.79 Å². The Morgan fingerprint density at radius 1 is 1.39 bits per heavy atom. The monoisotopic (exact) mass is 242 g/mol. The molecule has 1 aromatic heterocycles. The largest absolute Gasteiger partial charge is 0.328 e. The van der Waals surface area contributed by atoms with Gasteiger partial charge < -0.3 is 4.57 Å². The van der Waals surface area contributed by atoms with Gasteiger partial charge in [0, 0.05) is 13.0 Å². The Morgan fingerprint density at radius 2 is 2.17 bits per heavy atom. The highest BCUT2D eigenvalue weighted by Crippen LogP contribution is 2.32. The van der Waals surface area contributed by atoms with E-state index < -0.39 is 0 Å². The number of carbonyl (C=O) groups excluding carboxylic acids is 1. The summed E-state index contributed by atoms with van der Waals surface area (Å²) in [7, 11) is 0. The van der Waals surface area contributed by atoms with Gasteiger partial charge in [-0.05, 0) is 37.8 Å². The number of hydrogen-bond donors (Lipinski definition) is 0. The van der Waals surface area contributed by atoms with Crippen LogP contribution in [0.3, 0.4) is 0 Å². The van der Waals surface area contributed by atoms with Crippen LogP contribution in [0.15, 0.2) is 24.3 Å². The minimum absolute atomic E-state index is 0.336. The number of rotatable bonds is 5. The molecular weight excluding hydrogens is 224 g/mol. The summed E-state index contributed by atoms with van der Waals surface area (Å²) >= 11 is 0. The maximum Gasteiger partial charge on any atom is 0.140 e. The maximum absolute atomic E-state index is 12.0. The number of ketones is 1. The van der Waals surface area contributed by atoms with E-state index in [0.29, 0.717) is 18.1 Å². The summed E-state index contributed by atoms with van der Waals surface area (Å²) in [5.74, 6) is 1.92. The fraction of sp³-hybridized carbons (Fsp3) is 0.467. The van der Waals surface area contributed by atoms with Crippen LogP contribution in [0.1, 0.15) is 32.0 Å². The second-order valence-corrected chi connectivity index (χ2v) is 5.12. The van der Waals surface area contributed by atoms with Gasteiger partial charge in [0.05, 0.1) is 17.5 Å². The highest BCUT2D eigenvalue weighted by atomic mass is 16.1. The molecule has 3 heteroatoms. The molecule has 0 unspecified atom stereocenters. The average molecular weight is 242 g/mol. The lowest BCUT2D eigenvalue weighted by molar-refractivity contribution is -0.118. The van der Waals surface area contributed by atoms with E-state index in [1.165, 1.54) is 12.8 Å². The molecule has 3 rings (SSSR count). The molecule has 0 atom stereocenters. The quantitative estimate of drug-likeness (QED) is 0.808. The molecule has 18 heavy (non-hydrogen) atoms. The predicted molar refractivity (Wildman–Crippen MR) is 71.5 cm³/mol. The fourth-order valence-corrected chi connectivity index (χ4v) is 2.51. The Kier molecular flexibility index (Phi) is 2.90. The maximum atomic E-state index is 12.0. The molecule has 0 amide bonds. The predicted octanol–water partition coefficient (Wildman–Crippen LogP) is 2.97. The lowest BCUT2D eigenvalue weighted by Crippen LogP contribution is -2.10. The molecule has 3 nitrogen and oxygen atoms in total. The van der Waals surface area contributed by atoms with Crippen LogP contribution in [0.25, 0.3) is 11.0 Å². The average Bonchev–Trinajstić information content (AvgIpc) is 3.09. The van der Waals surface area contributed by atoms with Crippen LogP contribution in [0.4, 0.5) is 0 Å². The third-order valence-corrected chi connectivity index (χ3v) is 3.62. The molecular formula is C15H18N2O. The Hall–Kier alpha value is -1.64. The van der Waals surface area contributed by atoms with Crippen molar-refractivity contribution < 1.29 is 4.79 Å². The molecule has 1 saturated carbocycles. The van der Waals surface area contributed by atoms with Crippen molar-refractivity contribution >= 4 is 16.8 Å². The Labute approximate surface area is 107 Å². The summed E-state index contributed by atoms with van der Waals surface area (Å²) in [6.45, 7) is 2.97. The Bertz CT molecular complexity index is 581. The van der Waals surface area contributed by atoms with Crippen molar-refractivity contribution in [3.8, 4) is 0 Å². The molecule has 0 bridgehead atoms. The van der Waals surface area contributed by atoms with Crippen molar-refractivity contribution in [2.45, 2.75) is 39.2 Å². The van der Waals surface area contributed by atoms with E-state index in [-0.39, 0.29) is 0 Å². The number of aryl methyl sites for hydroxylation is 1. The van der Waals surface area contributed by atoms with Crippen LogP contribution in [0, 0.1) is 5.92 Å². The molecule has 0 N–H and O–H groups in total. The summed E-state index contributed by atoms with van der Waals surface area (Å²) in [4.78, 5) is 16.5. The Morgan fingerprint density at radius 3 is 2.89 bits per heavy atom. The van der Waals surface area contributed by atoms with Crippen molar-refractivity contribution in [1.82, 2.24) is 9.55 Å². The van der Waals surface area contributed by atoms with E-state index in [4.69, 9.17) is 0 Å². The van der Waals surface area contributed by atoms with Crippen molar-refractivity contribution in [3.05, 3.63) is 30.1 Å². The number of Topliss-reactive ketones (excluding diaryl/α,β-unsaturated/α-hetero) is 1. The lowest BCUT2D eigenvalue weighted by atomic mass is 10.1. The van der Waals surface area contributed by atoms with Crippen molar-refractivity contribution in [2.75, 3.05) is 0 Å². The van der Waals surface area contributed by atoms with E-state index in [1.807, 2.05) is 18.2 Å². The van der Waals surface area contributed by atoms with E-state index in [2.05, 4.69) is 22.5 Å². The molecule has 0 spiro atoms. The normalized spacial score (nSPS) is 15.2. The van der Waals surface area contributed by atoms with E-state index in [9.17, 15) is 4.79 Å². The third kappa shape index (κ3) is 2.17. The number of carbonyl (C=O) groups is 1. The van der Waals surface area contributed by atoms with Crippen molar-refractivity contribution in [3.63, 3.8) is 0 Å². The van der Waals surface area contributed by atoms with E-state index in [1.54, 1.807) is 0 Å². The molecule has 1 aliphatic rings. The van der Waals surface area contributed by atoms with Crippen LogP contribution in [-0.4, -0.2) is 15.3 Å². The minimum atomic E-state index is 0.336. The molecule has 0 aliphatic heterocycles. The number of fused-ring (bicyclic) bond motifs is 1. The molecule has 0 radical (unpaired) electrons. The highest BCUT2D eigenvalue weighted by molar-refractivity contribution is 5.83. The zero-order valence-corrected chi connectivity index (χ0v) is 10.7. The van der Waals surface area contributed by atoms with Gasteiger partial charge in [0.2, 0.25) is 0 Å². The van der Waals surface area contributed by atoms with Gasteiger partial charge in [0.1, 0.15) is 11.6 Å². The molecule has 94 valence electrons. The Balaban J connectivity index is 1.87. The second-order valence-electron chi connectivity index (χ2n) is 5.12. The summed E-state index contributed by atoms with van der Waals surface area (Å²) in [6, 6.07) is 8.09. The van der Waals surface area contributed by atoms with Gasteiger partial charge >= 0.3 is 0 Å². The summed E-state index contributed by atoms with van der Waals surface area (Å²) in [5.41, 5.74) is 2.13. The van der Waals surface area contributed by atoms with Crippen LogP contribution in [0.2, 0.25) is 0 Å². The van der Waals surface area contributed by atoms with Gasteiger partial charge in [-0.1, -0.05) is 12.1 Å². The first-order valence-corrected chi connectivity index (χ1v) is 6.73. The van der Waals surface area contributed by atoms with Gasteiger partial charge in [-0.15, -0.1) is 0 Å². The van der Waals surface area contributed by atoms with Gasteiger partial charge in [0.15, 0.2) is 0 Å². The van der Waals surface area contributed by atoms with Crippen molar-refractivity contribution in [1.29, 1.82) is 0 Å². The molecule has 2 aromatic rings. The summed E-state index contributed by atoms with van der Waals surface area (Å²) in [6.07, 6.45) is 3.69. The van der Waals surface area contributed by atoms with Gasteiger partial charge in [-0.25, -0.2) is 4.98 Å². The summed E-state index contributed by atoms with van der Waals surface area (Å²) in [5, 5.41) is 0. The van der Waals surface area contributed by atoms with Crippen LogP contribution < -0.4 is 0 Å². The zero-order valence-electron chi connectivity index (χ0n) is 10.7.